The standard InChI is InChI=1S/C30H24N4O3S4/c1-16-27(40-17(2)31-16)25(35)23-24(19-11-13-21(38-3)14-12-19)34(28(37)26(23)36)29-32-33-30(41-29)39-15-20-9-6-8-18-7-4-5-10-22(18)20/h4-14,24,36H,15H2,1-3H3. The highest BCUT2D eigenvalue weighted by Gasteiger charge is 2.46. The zero-order valence-corrected chi connectivity index (χ0v) is 25.6. The first-order chi connectivity index (χ1) is 19.9. The van der Waals surface area contributed by atoms with Crippen molar-refractivity contribution in [1.82, 2.24) is 15.2 Å². The van der Waals surface area contributed by atoms with Gasteiger partial charge < -0.3 is 5.11 Å². The number of nitrogens with zero attached hydrogens (tertiary/aromatic N) is 4. The summed E-state index contributed by atoms with van der Waals surface area (Å²) in [5.74, 6) is -0.969. The van der Waals surface area contributed by atoms with E-state index in [4.69, 9.17) is 0 Å². The summed E-state index contributed by atoms with van der Waals surface area (Å²) in [4.78, 5) is 34.6. The normalized spacial score (nSPS) is 15.3. The number of thioether (sulfide) groups is 2. The fraction of sp³-hybridized carbons (Fsp3) is 0.167. The van der Waals surface area contributed by atoms with E-state index >= 15 is 0 Å². The molecule has 1 atom stereocenters. The van der Waals surface area contributed by atoms with Gasteiger partial charge in [0.1, 0.15) is 0 Å². The lowest BCUT2D eigenvalue weighted by molar-refractivity contribution is -0.117. The van der Waals surface area contributed by atoms with Crippen LogP contribution in [0.1, 0.15) is 37.5 Å². The Balaban J connectivity index is 1.34. The Morgan fingerprint density at radius 2 is 1.76 bits per heavy atom. The molecule has 7 nitrogen and oxygen atoms in total. The first kappa shape index (κ1) is 27.6. The van der Waals surface area contributed by atoms with E-state index < -0.39 is 23.5 Å². The third-order valence-corrected chi connectivity index (χ3v) is 10.7. The number of Topliss-reactive ketones (excluding diaryl/α,β-unsaturated/α-hetero) is 1. The minimum atomic E-state index is -0.850. The molecule has 1 N–H and O–H groups in total. The second-order valence-corrected chi connectivity index (χ2v) is 13.6. The van der Waals surface area contributed by atoms with Crippen LogP contribution in [0.4, 0.5) is 5.13 Å². The van der Waals surface area contributed by atoms with Gasteiger partial charge in [0.2, 0.25) is 10.9 Å². The molecule has 1 unspecified atom stereocenters. The number of benzene rings is 3. The van der Waals surface area contributed by atoms with Crippen molar-refractivity contribution in [3.05, 3.63) is 105 Å². The van der Waals surface area contributed by atoms with E-state index in [2.05, 4.69) is 39.4 Å². The van der Waals surface area contributed by atoms with Gasteiger partial charge in [-0.15, -0.1) is 33.3 Å². The van der Waals surface area contributed by atoms with E-state index in [1.807, 2.05) is 55.6 Å². The number of aliphatic hydroxyl groups excluding tert-OH is 1. The predicted octanol–water partition coefficient (Wildman–Crippen LogP) is 7.56. The van der Waals surface area contributed by atoms with Crippen LogP contribution in [-0.2, 0) is 10.5 Å². The molecule has 1 aliphatic heterocycles. The first-order valence-corrected chi connectivity index (χ1v) is 16.5. The smallest absolute Gasteiger partial charge is 0.296 e. The monoisotopic (exact) mass is 616 g/mol. The maximum Gasteiger partial charge on any atom is 0.296 e. The molecule has 2 aromatic heterocycles. The molecule has 3 aromatic carbocycles. The Labute approximate surface area is 253 Å². The number of anilines is 1. The van der Waals surface area contributed by atoms with Crippen molar-refractivity contribution in [2.75, 3.05) is 11.2 Å². The van der Waals surface area contributed by atoms with E-state index in [0.29, 0.717) is 31.4 Å². The Morgan fingerprint density at radius 1 is 1.00 bits per heavy atom. The van der Waals surface area contributed by atoms with E-state index in [1.54, 1.807) is 18.7 Å². The molecule has 0 bridgehead atoms. The first-order valence-electron chi connectivity index (χ1n) is 12.7. The molecule has 0 aliphatic carbocycles. The van der Waals surface area contributed by atoms with Gasteiger partial charge in [-0.3, -0.25) is 14.5 Å². The Hall–Kier alpha value is -3.51. The predicted molar refractivity (Wildman–Crippen MR) is 167 cm³/mol. The molecule has 0 saturated heterocycles. The molecule has 206 valence electrons. The maximum absolute atomic E-state index is 13.8. The van der Waals surface area contributed by atoms with Crippen LogP contribution in [0, 0.1) is 13.8 Å². The average molecular weight is 617 g/mol. The number of hydrogen-bond acceptors (Lipinski definition) is 10. The van der Waals surface area contributed by atoms with Crippen LogP contribution in [0.15, 0.2) is 87.3 Å². The van der Waals surface area contributed by atoms with Crippen LogP contribution in [0.3, 0.4) is 0 Å². The minimum Gasteiger partial charge on any atom is -0.503 e. The summed E-state index contributed by atoms with van der Waals surface area (Å²) in [5, 5.41) is 23.2. The molecule has 1 aliphatic rings. The highest BCUT2D eigenvalue weighted by Crippen LogP contribution is 2.45. The lowest BCUT2D eigenvalue weighted by atomic mass is 9.95. The molecule has 0 saturated carbocycles. The van der Waals surface area contributed by atoms with Gasteiger partial charge in [0.15, 0.2) is 10.1 Å². The van der Waals surface area contributed by atoms with Crippen molar-refractivity contribution >= 4 is 73.8 Å². The van der Waals surface area contributed by atoms with Crippen molar-refractivity contribution in [2.24, 2.45) is 0 Å². The van der Waals surface area contributed by atoms with Gasteiger partial charge in [0, 0.05) is 10.6 Å². The van der Waals surface area contributed by atoms with Gasteiger partial charge >= 0.3 is 0 Å². The van der Waals surface area contributed by atoms with Gasteiger partial charge in [-0.2, -0.15) is 0 Å². The zero-order valence-electron chi connectivity index (χ0n) is 22.3. The molecular weight excluding hydrogens is 593 g/mol. The molecule has 0 radical (unpaired) electrons. The van der Waals surface area contributed by atoms with Crippen LogP contribution in [0.2, 0.25) is 0 Å². The van der Waals surface area contributed by atoms with Gasteiger partial charge in [-0.05, 0) is 54.1 Å². The summed E-state index contributed by atoms with van der Waals surface area (Å²) in [6.45, 7) is 3.58. The number of hydrogen-bond donors (Lipinski definition) is 1. The second kappa shape index (κ2) is 11.4. The van der Waals surface area contributed by atoms with Crippen molar-refractivity contribution < 1.29 is 14.7 Å². The number of aliphatic hydroxyl groups is 1. The van der Waals surface area contributed by atoms with Crippen LogP contribution in [-0.4, -0.2) is 38.2 Å². The van der Waals surface area contributed by atoms with Crippen LogP contribution >= 0.6 is 46.2 Å². The number of aryl methyl sites for hydroxylation is 2. The molecule has 11 heteroatoms. The number of ketones is 1. The van der Waals surface area contributed by atoms with Gasteiger partial charge in [0.25, 0.3) is 5.91 Å². The fourth-order valence-corrected chi connectivity index (χ4v) is 8.07. The highest BCUT2D eigenvalue weighted by molar-refractivity contribution is 8.00. The summed E-state index contributed by atoms with van der Waals surface area (Å²) in [7, 11) is 0. The second-order valence-electron chi connectivity index (χ2n) is 9.37. The largest absolute Gasteiger partial charge is 0.503 e. The number of amides is 1. The summed E-state index contributed by atoms with van der Waals surface area (Å²) in [6.07, 6.45) is 1.98. The lowest BCUT2D eigenvalue weighted by Crippen LogP contribution is -2.31. The van der Waals surface area contributed by atoms with Crippen molar-refractivity contribution in [2.45, 2.75) is 34.9 Å². The third-order valence-electron chi connectivity index (χ3n) is 6.83. The Kier molecular flexibility index (Phi) is 7.69. The van der Waals surface area contributed by atoms with Crippen molar-refractivity contribution in [3.63, 3.8) is 0 Å². The quantitative estimate of drug-likeness (QED) is 0.108. The van der Waals surface area contributed by atoms with E-state index in [0.717, 1.165) is 9.90 Å². The number of carbonyl (C=O) groups excluding carboxylic acids is 2. The molecule has 0 spiro atoms. The van der Waals surface area contributed by atoms with Crippen molar-refractivity contribution in [3.8, 4) is 0 Å². The summed E-state index contributed by atoms with van der Waals surface area (Å²) < 4.78 is 0.686. The summed E-state index contributed by atoms with van der Waals surface area (Å²) in [5.41, 5.74) is 2.47. The molecule has 5 aromatic rings. The van der Waals surface area contributed by atoms with Crippen LogP contribution < -0.4 is 4.90 Å². The molecule has 1 amide bonds. The molecular formula is C30H24N4O3S4. The fourth-order valence-electron chi connectivity index (χ4n) is 4.92. The van der Waals surface area contributed by atoms with Gasteiger partial charge in [-0.1, -0.05) is 77.7 Å². The topological polar surface area (TPSA) is 96.3 Å². The third kappa shape index (κ3) is 5.19. The number of thiazole rings is 1. The lowest BCUT2D eigenvalue weighted by Gasteiger charge is -2.24. The maximum atomic E-state index is 13.8. The van der Waals surface area contributed by atoms with E-state index in [1.165, 1.54) is 55.7 Å². The van der Waals surface area contributed by atoms with Crippen LogP contribution in [0.5, 0.6) is 0 Å². The minimum absolute atomic E-state index is 0.0267. The molecule has 41 heavy (non-hydrogen) atoms. The SMILES string of the molecule is CSc1ccc(C2C(C(=O)c3sc(C)nc3C)=C(O)C(=O)N2c2nnc(SCc3cccc4ccccc34)s2)cc1. The zero-order chi connectivity index (χ0) is 28.7. The van der Waals surface area contributed by atoms with E-state index in [-0.39, 0.29) is 5.57 Å². The molecule has 6 rings (SSSR count). The number of aromatic nitrogens is 3. The van der Waals surface area contributed by atoms with Crippen molar-refractivity contribution in [1.29, 1.82) is 0 Å². The number of fused-ring (bicyclic) bond motifs is 1. The summed E-state index contributed by atoms with van der Waals surface area (Å²) in [6, 6.07) is 21.2. The Morgan fingerprint density at radius 3 is 2.49 bits per heavy atom. The van der Waals surface area contributed by atoms with Crippen LogP contribution in [0.25, 0.3) is 10.8 Å². The number of rotatable bonds is 8. The average Bonchev–Trinajstić information content (AvgIpc) is 3.67. The summed E-state index contributed by atoms with van der Waals surface area (Å²) >= 11 is 5.65. The highest BCUT2D eigenvalue weighted by atomic mass is 32.2. The molecule has 0 fully saturated rings. The molecule has 3 heterocycles. The number of carbonyl (C=O) groups is 2. The Bertz CT molecular complexity index is 1820. The van der Waals surface area contributed by atoms with E-state index in [9.17, 15) is 14.7 Å². The van der Waals surface area contributed by atoms with Gasteiger partial charge in [-0.25, -0.2) is 4.98 Å². The van der Waals surface area contributed by atoms with Gasteiger partial charge in [0.05, 0.1) is 27.2 Å².